The molecule has 33 heavy (non-hydrogen) atoms. The molecular formula is C27H28N2O4. The van der Waals surface area contributed by atoms with Crippen molar-refractivity contribution in [1.82, 2.24) is 10.6 Å². The summed E-state index contributed by atoms with van der Waals surface area (Å²) in [5, 5.41) is 5.61. The highest BCUT2D eigenvalue weighted by Gasteiger charge is 2.28. The maximum atomic E-state index is 13.3. The van der Waals surface area contributed by atoms with Gasteiger partial charge in [-0.05, 0) is 30.2 Å². The minimum absolute atomic E-state index is 0.281. The fourth-order valence-electron chi connectivity index (χ4n) is 3.54. The second-order valence-corrected chi connectivity index (χ2v) is 7.86. The predicted octanol–water partition coefficient (Wildman–Crippen LogP) is 3.24. The van der Waals surface area contributed by atoms with Gasteiger partial charge in [0.15, 0.2) is 0 Å². The molecule has 170 valence electrons. The highest BCUT2D eigenvalue weighted by molar-refractivity contribution is 5.98. The molecule has 6 nitrogen and oxygen atoms in total. The number of carbonyl (C=O) groups is 3. The van der Waals surface area contributed by atoms with E-state index in [4.69, 9.17) is 4.74 Å². The van der Waals surface area contributed by atoms with Crippen LogP contribution in [0.15, 0.2) is 84.9 Å². The molecule has 0 saturated carbocycles. The Morgan fingerprint density at radius 1 is 0.758 bits per heavy atom. The van der Waals surface area contributed by atoms with Gasteiger partial charge in [0.2, 0.25) is 5.91 Å². The molecule has 6 heteroatoms. The maximum Gasteiger partial charge on any atom is 0.328 e. The third-order valence-electron chi connectivity index (χ3n) is 5.27. The smallest absolute Gasteiger partial charge is 0.328 e. The molecular weight excluding hydrogens is 416 g/mol. The molecule has 0 spiro atoms. The summed E-state index contributed by atoms with van der Waals surface area (Å²) in [4.78, 5) is 38.5. The number of ether oxygens (including phenoxy) is 1. The van der Waals surface area contributed by atoms with Gasteiger partial charge in [0.05, 0.1) is 7.11 Å². The topological polar surface area (TPSA) is 84.5 Å². The molecule has 0 aliphatic rings. The number of rotatable bonds is 9. The zero-order valence-corrected chi connectivity index (χ0v) is 18.8. The Morgan fingerprint density at radius 2 is 1.33 bits per heavy atom. The summed E-state index contributed by atoms with van der Waals surface area (Å²) in [6.45, 7) is 1.90. The SMILES string of the molecule is COC(=O)[C@H](Cc1ccccc1)NC(=O)[C@H](Cc1ccccc1)NC(=O)c1cccc(C)c1. The van der Waals surface area contributed by atoms with Crippen molar-refractivity contribution >= 4 is 17.8 Å². The third kappa shape index (κ3) is 7.04. The van der Waals surface area contributed by atoms with Crippen LogP contribution in [-0.4, -0.2) is 37.0 Å². The lowest BCUT2D eigenvalue weighted by atomic mass is 10.0. The van der Waals surface area contributed by atoms with Gasteiger partial charge in [0, 0.05) is 18.4 Å². The summed E-state index contributed by atoms with van der Waals surface area (Å²) in [5.74, 6) is -1.35. The van der Waals surface area contributed by atoms with Crippen molar-refractivity contribution in [3.8, 4) is 0 Å². The van der Waals surface area contributed by atoms with Crippen LogP contribution in [0.4, 0.5) is 0 Å². The van der Waals surface area contributed by atoms with E-state index >= 15 is 0 Å². The highest BCUT2D eigenvalue weighted by atomic mass is 16.5. The number of carbonyl (C=O) groups excluding carboxylic acids is 3. The van der Waals surface area contributed by atoms with E-state index in [-0.39, 0.29) is 18.7 Å². The molecule has 3 aromatic rings. The molecule has 0 fully saturated rings. The van der Waals surface area contributed by atoms with Crippen molar-refractivity contribution in [2.45, 2.75) is 31.8 Å². The number of benzene rings is 3. The standard InChI is InChI=1S/C27H28N2O4/c1-19-10-9-15-22(16-19)25(30)28-23(17-20-11-5-3-6-12-20)26(31)29-24(27(32)33-2)18-21-13-7-4-8-14-21/h3-16,23-24H,17-18H2,1-2H3,(H,28,30)(H,29,31)/t23-,24-/m0/s1. The Kier molecular flexibility index (Phi) is 8.36. The number of aryl methyl sites for hydroxylation is 1. The van der Waals surface area contributed by atoms with Crippen LogP contribution >= 0.6 is 0 Å². The number of esters is 1. The van der Waals surface area contributed by atoms with Crippen molar-refractivity contribution in [3.63, 3.8) is 0 Å². The fraction of sp³-hybridized carbons (Fsp3) is 0.222. The summed E-state index contributed by atoms with van der Waals surface area (Å²) in [6.07, 6.45) is 0.562. The quantitative estimate of drug-likeness (QED) is 0.497. The number of amides is 2. The number of hydrogen-bond donors (Lipinski definition) is 2. The Bertz CT molecular complexity index is 1080. The fourth-order valence-corrected chi connectivity index (χ4v) is 3.54. The predicted molar refractivity (Wildman–Crippen MR) is 127 cm³/mol. The molecule has 3 aromatic carbocycles. The second kappa shape index (κ2) is 11.6. The minimum atomic E-state index is -0.876. The van der Waals surface area contributed by atoms with E-state index in [1.807, 2.05) is 73.7 Å². The van der Waals surface area contributed by atoms with Crippen LogP contribution in [0.5, 0.6) is 0 Å². The summed E-state index contributed by atoms with van der Waals surface area (Å²) in [5.41, 5.74) is 3.19. The monoisotopic (exact) mass is 444 g/mol. The molecule has 3 rings (SSSR count). The van der Waals surface area contributed by atoms with E-state index in [2.05, 4.69) is 10.6 Å². The lowest BCUT2D eigenvalue weighted by Crippen LogP contribution is -2.53. The molecule has 0 bridgehead atoms. The van der Waals surface area contributed by atoms with Crippen LogP contribution in [0.3, 0.4) is 0 Å². The molecule has 0 radical (unpaired) electrons. The number of hydrogen-bond acceptors (Lipinski definition) is 4. The van der Waals surface area contributed by atoms with Gasteiger partial charge in [-0.3, -0.25) is 9.59 Å². The van der Waals surface area contributed by atoms with Gasteiger partial charge in [0.25, 0.3) is 5.91 Å². The number of methoxy groups -OCH3 is 1. The molecule has 0 saturated heterocycles. The summed E-state index contributed by atoms with van der Waals surface area (Å²) in [6, 6.07) is 24.2. The Morgan fingerprint density at radius 3 is 1.88 bits per heavy atom. The molecule has 0 aliphatic heterocycles. The van der Waals surface area contributed by atoms with Crippen molar-refractivity contribution in [3.05, 3.63) is 107 Å². The van der Waals surface area contributed by atoms with Gasteiger partial charge < -0.3 is 15.4 Å². The van der Waals surface area contributed by atoms with Gasteiger partial charge >= 0.3 is 5.97 Å². The van der Waals surface area contributed by atoms with E-state index in [0.29, 0.717) is 5.56 Å². The van der Waals surface area contributed by atoms with E-state index in [1.54, 1.807) is 18.2 Å². The third-order valence-corrected chi connectivity index (χ3v) is 5.27. The normalized spacial score (nSPS) is 12.3. The van der Waals surface area contributed by atoms with Crippen LogP contribution in [0.2, 0.25) is 0 Å². The minimum Gasteiger partial charge on any atom is -0.467 e. The summed E-state index contributed by atoms with van der Waals surface area (Å²) >= 11 is 0. The molecule has 2 amide bonds. The average Bonchev–Trinajstić information content (AvgIpc) is 2.84. The Balaban J connectivity index is 1.80. The van der Waals surface area contributed by atoms with Gasteiger partial charge in [0.1, 0.15) is 12.1 Å². The van der Waals surface area contributed by atoms with Crippen molar-refractivity contribution in [2.24, 2.45) is 0 Å². The van der Waals surface area contributed by atoms with Gasteiger partial charge in [-0.15, -0.1) is 0 Å². The van der Waals surface area contributed by atoms with Crippen LogP contribution < -0.4 is 10.6 Å². The van der Waals surface area contributed by atoms with E-state index < -0.39 is 24.0 Å². The first-order valence-corrected chi connectivity index (χ1v) is 10.8. The zero-order valence-electron chi connectivity index (χ0n) is 18.8. The molecule has 0 heterocycles. The van der Waals surface area contributed by atoms with Crippen LogP contribution in [0, 0.1) is 6.92 Å². The highest BCUT2D eigenvalue weighted by Crippen LogP contribution is 2.09. The Hall–Kier alpha value is -3.93. The molecule has 0 unspecified atom stereocenters. The molecule has 0 aliphatic carbocycles. The van der Waals surface area contributed by atoms with E-state index in [1.165, 1.54) is 7.11 Å². The lowest BCUT2D eigenvalue weighted by molar-refractivity contribution is -0.145. The molecule has 2 atom stereocenters. The lowest BCUT2D eigenvalue weighted by Gasteiger charge is -2.23. The van der Waals surface area contributed by atoms with E-state index in [9.17, 15) is 14.4 Å². The zero-order chi connectivity index (χ0) is 23.6. The van der Waals surface area contributed by atoms with E-state index in [0.717, 1.165) is 16.7 Å². The van der Waals surface area contributed by atoms with Gasteiger partial charge in [-0.2, -0.15) is 0 Å². The van der Waals surface area contributed by atoms with Crippen LogP contribution in [0.25, 0.3) is 0 Å². The Labute approximate surface area is 194 Å². The second-order valence-electron chi connectivity index (χ2n) is 7.86. The molecule has 0 aromatic heterocycles. The maximum absolute atomic E-state index is 13.3. The van der Waals surface area contributed by atoms with Crippen molar-refractivity contribution in [2.75, 3.05) is 7.11 Å². The van der Waals surface area contributed by atoms with Gasteiger partial charge in [-0.25, -0.2) is 4.79 Å². The first-order chi connectivity index (χ1) is 16.0. The van der Waals surface area contributed by atoms with Gasteiger partial charge in [-0.1, -0.05) is 78.4 Å². The first-order valence-electron chi connectivity index (χ1n) is 10.8. The first kappa shape index (κ1) is 23.7. The van der Waals surface area contributed by atoms with Crippen molar-refractivity contribution < 1.29 is 19.1 Å². The largest absolute Gasteiger partial charge is 0.467 e. The summed E-state index contributed by atoms with van der Waals surface area (Å²) in [7, 11) is 1.29. The number of nitrogens with one attached hydrogen (secondary N) is 2. The molecule has 2 N–H and O–H groups in total. The van der Waals surface area contributed by atoms with Crippen LogP contribution in [0.1, 0.15) is 27.0 Å². The van der Waals surface area contributed by atoms with Crippen molar-refractivity contribution in [1.29, 1.82) is 0 Å². The average molecular weight is 445 g/mol. The summed E-state index contributed by atoms with van der Waals surface area (Å²) < 4.78 is 4.91. The van der Waals surface area contributed by atoms with Crippen LogP contribution in [-0.2, 0) is 27.2 Å².